The molecule has 0 aromatic heterocycles. The fraction of sp³-hybridized carbons (Fsp3) is 0.294. The number of halogens is 1. The molecule has 2 aromatic rings. The van der Waals surface area contributed by atoms with E-state index in [0.29, 0.717) is 0 Å². The summed E-state index contributed by atoms with van der Waals surface area (Å²) in [5.41, 5.74) is 3.95. The van der Waals surface area contributed by atoms with Gasteiger partial charge in [0.05, 0.1) is 0 Å². The van der Waals surface area contributed by atoms with Crippen molar-refractivity contribution in [3.8, 4) is 0 Å². The molecular weight excluding hydrogens is 268 g/mol. The Morgan fingerprint density at radius 2 is 2.00 bits per heavy atom. The minimum Gasteiger partial charge on any atom is -0.383 e. The molecule has 2 aromatic carbocycles. The van der Waals surface area contributed by atoms with Gasteiger partial charge in [-0.15, -0.1) is 0 Å². The lowest BCUT2D eigenvalue weighted by Gasteiger charge is -2.31. The SMILES string of the molecule is Clc1cccc(NCCN2CCCc3ccccc32)c1. The molecule has 0 unspecified atom stereocenters. The topological polar surface area (TPSA) is 15.3 Å². The molecule has 1 aliphatic rings. The largest absolute Gasteiger partial charge is 0.383 e. The number of nitrogens with zero attached hydrogens (tertiary/aromatic N) is 1. The highest BCUT2D eigenvalue weighted by Gasteiger charge is 2.15. The highest BCUT2D eigenvalue weighted by atomic mass is 35.5. The summed E-state index contributed by atoms with van der Waals surface area (Å²) in [5.74, 6) is 0. The zero-order valence-corrected chi connectivity index (χ0v) is 12.2. The van der Waals surface area contributed by atoms with Crippen molar-refractivity contribution in [3.63, 3.8) is 0 Å². The van der Waals surface area contributed by atoms with Crippen molar-refractivity contribution < 1.29 is 0 Å². The van der Waals surface area contributed by atoms with Crippen LogP contribution in [0.25, 0.3) is 0 Å². The van der Waals surface area contributed by atoms with Crippen LogP contribution in [0.15, 0.2) is 48.5 Å². The Bertz CT molecular complexity index is 583. The number of rotatable bonds is 4. The van der Waals surface area contributed by atoms with Gasteiger partial charge in [0.2, 0.25) is 0 Å². The Balaban J connectivity index is 1.60. The van der Waals surface area contributed by atoms with Crippen LogP contribution in [0.5, 0.6) is 0 Å². The van der Waals surface area contributed by atoms with E-state index in [4.69, 9.17) is 11.6 Å². The Morgan fingerprint density at radius 1 is 1.10 bits per heavy atom. The van der Waals surface area contributed by atoms with Gasteiger partial charge in [0.15, 0.2) is 0 Å². The van der Waals surface area contributed by atoms with Crippen LogP contribution in [0, 0.1) is 0 Å². The average Bonchev–Trinajstić information content (AvgIpc) is 2.48. The monoisotopic (exact) mass is 286 g/mol. The summed E-state index contributed by atoms with van der Waals surface area (Å²) in [6.45, 7) is 3.09. The Kier molecular flexibility index (Phi) is 4.12. The first-order valence-electron chi connectivity index (χ1n) is 7.15. The van der Waals surface area contributed by atoms with Crippen LogP contribution < -0.4 is 10.2 Å². The first-order valence-corrected chi connectivity index (χ1v) is 7.53. The molecule has 1 heterocycles. The molecule has 0 aliphatic carbocycles. The van der Waals surface area contributed by atoms with Crippen molar-refractivity contribution >= 4 is 23.0 Å². The predicted molar refractivity (Wildman–Crippen MR) is 86.9 cm³/mol. The number of nitrogens with one attached hydrogen (secondary N) is 1. The number of fused-ring (bicyclic) bond motifs is 1. The molecule has 2 nitrogen and oxygen atoms in total. The zero-order valence-electron chi connectivity index (χ0n) is 11.5. The Morgan fingerprint density at radius 3 is 2.90 bits per heavy atom. The second-order valence-electron chi connectivity index (χ2n) is 5.16. The molecule has 0 saturated heterocycles. The van der Waals surface area contributed by atoms with Crippen LogP contribution in [0.2, 0.25) is 5.02 Å². The molecule has 3 rings (SSSR count). The summed E-state index contributed by atoms with van der Waals surface area (Å²) in [6.07, 6.45) is 2.45. The Hall–Kier alpha value is -1.67. The molecule has 1 aliphatic heterocycles. The fourth-order valence-electron chi connectivity index (χ4n) is 2.78. The van der Waals surface area contributed by atoms with Crippen molar-refractivity contribution in [2.24, 2.45) is 0 Å². The van der Waals surface area contributed by atoms with E-state index in [2.05, 4.69) is 40.5 Å². The van der Waals surface area contributed by atoms with Gasteiger partial charge in [-0.2, -0.15) is 0 Å². The lowest BCUT2D eigenvalue weighted by molar-refractivity contribution is 0.698. The molecule has 0 atom stereocenters. The van der Waals surface area contributed by atoms with Gasteiger partial charge < -0.3 is 10.2 Å². The van der Waals surface area contributed by atoms with E-state index in [1.165, 1.54) is 24.1 Å². The van der Waals surface area contributed by atoms with Gasteiger partial charge in [0.1, 0.15) is 0 Å². The number of para-hydroxylation sites is 1. The molecule has 20 heavy (non-hydrogen) atoms. The molecule has 0 spiro atoms. The third-order valence-corrected chi connectivity index (χ3v) is 3.98. The summed E-state index contributed by atoms with van der Waals surface area (Å²) in [6, 6.07) is 16.6. The van der Waals surface area contributed by atoms with Gasteiger partial charge in [0, 0.05) is 36.0 Å². The molecule has 0 radical (unpaired) electrons. The second kappa shape index (κ2) is 6.19. The zero-order chi connectivity index (χ0) is 13.8. The van der Waals surface area contributed by atoms with E-state index in [1.54, 1.807) is 0 Å². The van der Waals surface area contributed by atoms with Gasteiger partial charge in [-0.05, 0) is 42.7 Å². The first kappa shape index (κ1) is 13.3. The van der Waals surface area contributed by atoms with Gasteiger partial charge in [-0.1, -0.05) is 35.9 Å². The maximum absolute atomic E-state index is 5.99. The minimum atomic E-state index is 0.776. The molecular formula is C17H19ClN2. The summed E-state index contributed by atoms with van der Waals surface area (Å²) in [4.78, 5) is 2.47. The highest BCUT2D eigenvalue weighted by molar-refractivity contribution is 6.30. The summed E-state index contributed by atoms with van der Waals surface area (Å²) in [5, 5.41) is 4.21. The fourth-order valence-corrected chi connectivity index (χ4v) is 2.97. The number of benzene rings is 2. The standard InChI is InChI=1S/C17H19ClN2/c18-15-7-3-8-16(13-15)19-10-12-20-11-4-6-14-5-1-2-9-17(14)20/h1-3,5,7-9,13,19H,4,6,10-12H2. The van der Waals surface area contributed by atoms with Crippen molar-refractivity contribution in [1.29, 1.82) is 0 Å². The molecule has 0 saturated carbocycles. The van der Waals surface area contributed by atoms with E-state index in [0.717, 1.165) is 30.3 Å². The van der Waals surface area contributed by atoms with E-state index in [1.807, 2.05) is 18.2 Å². The quantitative estimate of drug-likeness (QED) is 0.906. The molecule has 3 heteroatoms. The van der Waals surface area contributed by atoms with Crippen LogP contribution >= 0.6 is 11.6 Å². The predicted octanol–water partition coefficient (Wildman–Crippen LogP) is 4.20. The van der Waals surface area contributed by atoms with E-state index >= 15 is 0 Å². The average molecular weight is 287 g/mol. The van der Waals surface area contributed by atoms with Crippen LogP contribution in [0.4, 0.5) is 11.4 Å². The lowest BCUT2D eigenvalue weighted by atomic mass is 10.0. The smallest absolute Gasteiger partial charge is 0.0426 e. The third kappa shape index (κ3) is 3.07. The van der Waals surface area contributed by atoms with Crippen molar-refractivity contribution in [2.75, 3.05) is 29.9 Å². The van der Waals surface area contributed by atoms with E-state index < -0.39 is 0 Å². The molecule has 0 fully saturated rings. The molecule has 0 amide bonds. The summed E-state index contributed by atoms with van der Waals surface area (Å²) < 4.78 is 0. The van der Waals surface area contributed by atoms with Crippen LogP contribution in [-0.2, 0) is 6.42 Å². The van der Waals surface area contributed by atoms with Gasteiger partial charge in [-0.25, -0.2) is 0 Å². The summed E-state index contributed by atoms with van der Waals surface area (Å²) in [7, 11) is 0. The third-order valence-electron chi connectivity index (χ3n) is 3.74. The number of anilines is 2. The Labute approximate surface area is 125 Å². The van der Waals surface area contributed by atoms with Crippen molar-refractivity contribution in [3.05, 3.63) is 59.1 Å². The van der Waals surface area contributed by atoms with Gasteiger partial charge >= 0.3 is 0 Å². The minimum absolute atomic E-state index is 0.776. The maximum Gasteiger partial charge on any atom is 0.0426 e. The van der Waals surface area contributed by atoms with Crippen LogP contribution in [-0.4, -0.2) is 19.6 Å². The molecule has 0 bridgehead atoms. The molecule has 104 valence electrons. The maximum atomic E-state index is 5.99. The van der Waals surface area contributed by atoms with Gasteiger partial charge in [0.25, 0.3) is 0 Å². The first-order chi connectivity index (χ1) is 9.83. The lowest BCUT2D eigenvalue weighted by Crippen LogP contribution is -2.33. The number of hydrogen-bond donors (Lipinski definition) is 1. The van der Waals surface area contributed by atoms with E-state index in [-0.39, 0.29) is 0 Å². The van der Waals surface area contributed by atoms with Gasteiger partial charge in [-0.3, -0.25) is 0 Å². The van der Waals surface area contributed by atoms with Crippen molar-refractivity contribution in [2.45, 2.75) is 12.8 Å². The normalized spacial score (nSPS) is 13.9. The highest BCUT2D eigenvalue weighted by Crippen LogP contribution is 2.26. The van der Waals surface area contributed by atoms with E-state index in [9.17, 15) is 0 Å². The number of hydrogen-bond acceptors (Lipinski definition) is 2. The van der Waals surface area contributed by atoms with Crippen LogP contribution in [0.3, 0.4) is 0 Å². The summed E-state index contributed by atoms with van der Waals surface area (Å²) >= 11 is 5.99. The van der Waals surface area contributed by atoms with Crippen molar-refractivity contribution in [1.82, 2.24) is 0 Å². The van der Waals surface area contributed by atoms with Crippen LogP contribution in [0.1, 0.15) is 12.0 Å². The molecule has 1 N–H and O–H groups in total. The second-order valence-corrected chi connectivity index (χ2v) is 5.59. The number of aryl methyl sites for hydroxylation is 1.